The monoisotopic (exact) mass is 417 g/mol. The summed E-state index contributed by atoms with van der Waals surface area (Å²) in [6.45, 7) is 3.69. The number of hydrogen-bond donors (Lipinski definition) is 2. The number of rotatable bonds is 6. The van der Waals surface area contributed by atoms with Gasteiger partial charge in [-0.3, -0.25) is 19.7 Å². The van der Waals surface area contributed by atoms with Crippen LogP contribution in [0.15, 0.2) is 18.2 Å². The first-order chi connectivity index (χ1) is 14.2. The fourth-order valence-corrected chi connectivity index (χ4v) is 6.17. The van der Waals surface area contributed by atoms with Gasteiger partial charge < -0.3 is 10.6 Å². The van der Waals surface area contributed by atoms with Gasteiger partial charge in [-0.2, -0.15) is 4.39 Å². The quantitative estimate of drug-likeness (QED) is 0.539. The number of nitrogens with one attached hydrogen (secondary N) is 2. The van der Waals surface area contributed by atoms with Crippen molar-refractivity contribution in [2.45, 2.75) is 58.4 Å². The van der Waals surface area contributed by atoms with Gasteiger partial charge in [-0.15, -0.1) is 0 Å². The number of nitrogens with zero attached hydrogens (tertiary/aromatic N) is 1. The summed E-state index contributed by atoms with van der Waals surface area (Å²) in [6, 6.07) is 2.45. The predicted octanol–water partition coefficient (Wildman–Crippen LogP) is 4.03. The molecule has 5 rings (SSSR count). The van der Waals surface area contributed by atoms with E-state index < -0.39 is 28.4 Å². The van der Waals surface area contributed by atoms with Crippen molar-refractivity contribution in [2.75, 3.05) is 5.32 Å². The topological polar surface area (TPSA) is 101 Å². The number of nitro benzene ring substituents is 1. The van der Waals surface area contributed by atoms with Gasteiger partial charge in [-0.25, -0.2) is 0 Å². The van der Waals surface area contributed by atoms with E-state index in [2.05, 4.69) is 10.6 Å². The number of carbonyl (C=O) groups excluding carboxylic acids is 2. The van der Waals surface area contributed by atoms with Gasteiger partial charge in [0.1, 0.15) is 6.04 Å². The predicted molar refractivity (Wildman–Crippen MR) is 109 cm³/mol. The second-order valence-corrected chi connectivity index (χ2v) is 9.81. The molecule has 0 saturated heterocycles. The fourth-order valence-electron chi connectivity index (χ4n) is 6.17. The number of amides is 2. The molecule has 30 heavy (non-hydrogen) atoms. The molecule has 0 unspecified atom stereocenters. The molecule has 0 heterocycles. The number of hydrogen-bond acceptors (Lipinski definition) is 4. The minimum atomic E-state index is -0.964. The second kappa shape index (κ2) is 7.63. The fraction of sp³-hybridized carbons (Fsp3) is 0.636. The van der Waals surface area contributed by atoms with Crippen LogP contribution in [-0.4, -0.2) is 22.8 Å². The molecule has 1 aromatic rings. The van der Waals surface area contributed by atoms with Crippen molar-refractivity contribution < 1.29 is 18.9 Å². The van der Waals surface area contributed by atoms with Crippen LogP contribution >= 0.6 is 0 Å². The summed E-state index contributed by atoms with van der Waals surface area (Å²) in [5, 5.41) is 16.5. The van der Waals surface area contributed by atoms with Crippen molar-refractivity contribution in [3.05, 3.63) is 34.1 Å². The largest absolute Gasteiger partial charge is 0.344 e. The molecule has 2 N–H and O–H groups in total. The number of anilines is 1. The van der Waals surface area contributed by atoms with Gasteiger partial charge in [0.2, 0.25) is 17.6 Å². The van der Waals surface area contributed by atoms with Crippen molar-refractivity contribution in [1.82, 2.24) is 5.32 Å². The molecule has 4 saturated carbocycles. The number of carbonyl (C=O) groups is 2. The highest BCUT2D eigenvalue weighted by Crippen LogP contribution is 2.60. The zero-order chi connectivity index (χ0) is 21.6. The Balaban J connectivity index is 1.48. The Morgan fingerprint density at radius 1 is 1.13 bits per heavy atom. The van der Waals surface area contributed by atoms with E-state index in [1.54, 1.807) is 0 Å². The molecule has 4 aliphatic carbocycles. The van der Waals surface area contributed by atoms with Gasteiger partial charge >= 0.3 is 5.69 Å². The van der Waals surface area contributed by atoms with Crippen LogP contribution in [0.2, 0.25) is 0 Å². The van der Waals surface area contributed by atoms with Crippen LogP contribution in [-0.2, 0) is 9.59 Å². The number of halogens is 1. The van der Waals surface area contributed by atoms with Gasteiger partial charge in [0.15, 0.2) is 0 Å². The molecule has 162 valence electrons. The zero-order valence-electron chi connectivity index (χ0n) is 17.3. The Kier molecular flexibility index (Phi) is 5.28. The summed E-state index contributed by atoms with van der Waals surface area (Å²) in [5.41, 5.74) is -0.939. The van der Waals surface area contributed by atoms with E-state index in [1.807, 2.05) is 13.8 Å². The molecule has 0 aromatic heterocycles. The third kappa shape index (κ3) is 3.79. The molecule has 1 aromatic carbocycles. The van der Waals surface area contributed by atoms with Crippen LogP contribution in [0.3, 0.4) is 0 Å². The third-order valence-electron chi connectivity index (χ3n) is 7.17. The third-order valence-corrected chi connectivity index (χ3v) is 7.17. The first kappa shape index (κ1) is 20.8. The molecule has 0 radical (unpaired) electrons. The lowest BCUT2D eigenvalue weighted by Crippen LogP contribution is -2.57. The number of benzene rings is 1. The average molecular weight is 417 g/mol. The molecule has 2 amide bonds. The lowest BCUT2D eigenvalue weighted by atomic mass is 9.49. The molecule has 0 aliphatic heterocycles. The van der Waals surface area contributed by atoms with Gasteiger partial charge in [0.25, 0.3) is 0 Å². The van der Waals surface area contributed by atoms with E-state index >= 15 is 0 Å². The van der Waals surface area contributed by atoms with Crippen LogP contribution in [0.4, 0.5) is 15.8 Å². The number of nitro groups is 1. The maximum absolute atomic E-state index is 13.6. The van der Waals surface area contributed by atoms with Crippen molar-refractivity contribution >= 4 is 23.2 Å². The molecule has 4 aliphatic rings. The Morgan fingerprint density at radius 3 is 2.20 bits per heavy atom. The highest BCUT2D eigenvalue weighted by atomic mass is 19.1. The van der Waals surface area contributed by atoms with Crippen LogP contribution in [0.1, 0.15) is 52.4 Å². The van der Waals surface area contributed by atoms with Crippen molar-refractivity contribution in [1.29, 1.82) is 0 Å². The molecule has 1 atom stereocenters. The van der Waals surface area contributed by atoms with E-state index in [9.17, 15) is 24.1 Å². The first-order valence-corrected chi connectivity index (χ1v) is 10.7. The Labute approximate surface area is 174 Å². The Morgan fingerprint density at radius 2 is 1.70 bits per heavy atom. The molecular weight excluding hydrogens is 389 g/mol. The average Bonchev–Trinajstić information content (AvgIpc) is 2.65. The highest BCUT2D eigenvalue weighted by Gasteiger charge is 2.55. The van der Waals surface area contributed by atoms with Crippen molar-refractivity contribution in [2.24, 2.45) is 29.1 Å². The standard InChI is InChI=1S/C22H28FN3O4/c1-12(2)19(20(27)24-16-3-4-17(23)18(8-16)26(29)30)25-21(28)22-9-13-5-14(10-22)7-15(6-13)11-22/h3-4,8,12-15,19H,5-7,9-11H2,1-2H3,(H,24,27)(H,25,28)/t13?,14?,15?,19-,22?/m1/s1. The molecule has 4 fully saturated rings. The molecular formula is C22H28FN3O4. The van der Waals surface area contributed by atoms with Crippen LogP contribution in [0, 0.1) is 45.0 Å². The van der Waals surface area contributed by atoms with E-state index in [4.69, 9.17) is 0 Å². The van der Waals surface area contributed by atoms with Crippen LogP contribution in [0.5, 0.6) is 0 Å². The molecule has 7 nitrogen and oxygen atoms in total. The lowest BCUT2D eigenvalue weighted by molar-refractivity contribution is -0.387. The van der Waals surface area contributed by atoms with Gasteiger partial charge in [0.05, 0.1) is 4.92 Å². The van der Waals surface area contributed by atoms with Crippen LogP contribution < -0.4 is 10.6 Å². The Hall–Kier alpha value is -2.51. The van der Waals surface area contributed by atoms with Crippen molar-refractivity contribution in [3.8, 4) is 0 Å². The Bertz CT molecular complexity index is 850. The maximum Gasteiger partial charge on any atom is 0.306 e. The summed E-state index contributed by atoms with van der Waals surface area (Å²) in [4.78, 5) is 36.3. The SMILES string of the molecule is CC(C)[C@@H](NC(=O)C12CC3CC(CC(C3)C1)C2)C(=O)Nc1ccc(F)c([N+](=O)[O-])c1. The van der Waals surface area contributed by atoms with E-state index in [1.165, 1.54) is 25.3 Å². The van der Waals surface area contributed by atoms with Gasteiger partial charge in [-0.1, -0.05) is 13.8 Å². The van der Waals surface area contributed by atoms with Crippen LogP contribution in [0.25, 0.3) is 0 Å². The van der Waals surface area contributed by atoms with Gasteiger partial charge in [0, 0.05) is 17.2 Å². The van der Waals surface area contributed by atoms with Gasteiger partial charge in [-0.05, 0) is 74.3 Å². The summed E-state index contributed by atoms with van der Waals surface area (Å²) < 4.78 is 13.6. The second-order valence-electron chi connectivity index (χ2n) is 9.81. The minimum absolute atomic E-state index is 0.0412. The maximum atomic E-state index is 13.6. The smallest absolute Gasteiger partial charge is 0.306 e. The lowest BCUT2D eigenvalue weighted by Gasteiger charge is -2.55. The molecule has 8 heteroatoms. The summed E-state index contributed by atoms with van der Waals surface area (Å²) in [6.07, 6.45) is 6.39. The van der Waals surface area contributed by atoms with E-state index in [0.29, 0.717) is 17.8 Å². The summed E-state index contributed by atoms with van der Waals surface area (Å²) in [7, 11) is 0. The normalized spacial score (nSPS) is 30.2. The van der Waals surface area contributed by atoms with E-state index in [-0.39, 0.29) is 22.9 Å². The van der Waals surface area contributed by atoms with E-state index in [0.717, 1.165) is 31.4 Å². The minimum Gasteiger partial charge on any atom is -0.344 e. The molecule has 4 bridgehead atoms. The molecule has 0 spiro atoms. The summed E-state index contributed by atoms with van der Waals surface area (Å²) >= 11 is 0. The van der Waals surface area contributed by atoms with Crippen molar-refractivity contribution in [3.63, 3.8) is 0 Å². The first-order valence-electron chi connectivity index (χ1n) is 10.7. The highest BCUT2D eigenvalue weighted by molar-refractivity contribution is 5.98. The zero-order valence-corrected chi connectivity index (χ0v) is 17.3. The summed E-state index contributed by atoms with van der Waals surface area (Å²) in [5.74, 6) is 0.227.